The van der Waals surface area contributed by atoms with Crippen molar-refractivity contribution < 1.29 is 9.18 Å². The minimum Gasteiger partial charge on any atom is -0.383 e. The minimum atomic E-state index is -0.642. The number of aryl methyl sites for hydroxylation is 2. The second-order valence-electron chi connectivity index (χ2n) is 12.8. The zero-order valence-corrected chi connectivity index (χ0v) is 27.7. The first-order chi connectivity index (χ1) is 22.5. The molecule has 1 saturated heterocycles. The lowest BCUT2D eigenvalue weighted by molar-refractivity contribution is -0.128. The van der Waals surface area contributed by atoms with Crippen LogP contribution in [0.15, 0.2) is 48.0 Å². The van der Waals surface area contributed by atoms with E-state index in [1.807, 2.05) is 57.7 Å². The number of anilines is 2. The predicted molar refractivity (Wildman–Crippen MR) is 184 cm³/mol. The molecule has 1 fully saturated rings. The fraction of sp³-hybridized carbons (Fsp3) is 0.343. The van der Waals surface area contributed by atoms with Crippen LogP contribution in [0.5, 0.6) is 0 Å². The van der Waals surface area contributed by atoms with E-state index in [2.05, 4.69) is 27.1 Å². The molecular weight excluding hydrogens is 619 g/mol. The fourth-order valence-electron chi connectivity index (χ4n) is 7.27. The van der Waals surface area contributed by atoms with Crippen molar-refractivity contribution in [2.24, 2.45) is 0 Å². The number of nitrogens with zero attached hydrogens (tertiary/aromatic N) is 6. The highest BCUT2D eigenvalue weighted by Crippen LogP contribution is 2.49. The number of halogens is 2. The number of aromatic nitrogens is 5. The number of hydrogen-bond donors (Lipinski definition) is 2. The number of rotatable bonds is 4. The largest absolute Gasteiger partial charge is 0.383 e. The standard InChI is InChI=1S/C35H36ClFN8O2/c1-7-24(46)43-16-21-11-13-39-31-27-33(29(37)26(28(31)36)25-18(4)8-9-23-22(25)14-40-42-23)45(32-19(5)10-12-38-30(32)17(2)3)35(47)41-34(27)44(21)15-20(43)6/h7-10,12,14,17,20-21,39H,1,11,13,15-16H2,2-6H3,(H,40,42). The Kier molecular flexibility index (Phi) is 7.54. The highest BCUT2D eigenvalue weighted by Gasteiger charge is 2.39. The van der Waals surface area contributed by atoms with Crippen molar-refractivity contribution in [1.82, 2.24) is 29.6 Å². The van der Waals surface area contributed by atoms with Crippen LogP contribution in [0.1, 0.15) is 49.9 Å². The van der Waals surface area contributed by atoms with Gasteiger partial charge in [-0.3, -0.25) is 19.4 Å². The summed E-state index contributed by atoms with van der Waals surface area (Å²) >= 11 is 7.29. The summed E-state index contributed by atoms with van der Waals surface area (Å²) in [4.78, 5) is 40.4. The molecule has 0 saturated carbocycles. The smallest absolute Gasteiger partial charge is 0.354 e. The van der Waals surface area contributed by atoms with Crippen molar-refractivity contribution in [2.75, 3.05) is 29.9 Å². The Hall–Kier alpha value is -4.77. The minimum absolute atomic E-state index is 0.0673. The van der Waals surface area contributed by atoms with Crippen LogP contribution in [0, 0.1) is 19.7 Å². The molecule has 2 unspecified atom stereocenters. The van der Waals surface area contributed by atoms with E-state index in [1.165, 1.54) is 10.6 Å². The number of piperazine rings is 1. The third-order valence-corrected chi connectivity index (χ3v) is 9.93. The first-order valence-electron chi connectivity index (χ1n) is 15.8. The Bertz CT molecular complexity index is 2170. The van der Waals surface area contributed by atoms with E-state index in [1.54, 1.807) is 17.3 Å². The Balaban J connectivity index is 1.64. The summed E-state index contributed by atoms with van der Waals surface area (Å²) in [6, 6.07) is 5.22. The van der Waals surface area contributed by atoms with Crippen molar-refractivity contribution in [1.29, 1.82) is 0 Å². The number of amides is 1. The van der Waals surface area contributed by atoms with Crippen LogP contribution in [0.2, 0.25) is 5.02 Å². The molecule has 0 bridgehead atoms. The van der Waals surface area contributed by atoms with E-state index < -0.39 is 11.5 Å². The molecule has 0 spiro atoms. The molecule has 5 aromatic rings. The summed E-state index contributed by atoms with van der Waals surface area (Å²) in [5.41, 5.74) is 4.15. The average molecular weight is 655 g/mol. The molecule has 12 heteroatoms. The lowest BCUT2D eigenvalue weighted by atomic mass is 9.93. The average Bonchev–Trinajstić information content (AvgIpc) is 3.52. The van der Waals surface area contributed by atoms with Gasteiger partial charge in [0.1, 0.15) is 11.3 Å². The second kappa shape index (κ2) is 11.5. The number of carbonyl (C=O) groups excluding carboxylic acids is 1. The number of hydrogen-bond acceptors (Lipinski definition) is 7. The number of nitrogens with one attached hydrogen (secondary N) is 2. The molecule has 3 aromatic heterocycles. The van der Waals surface area contributed by atoms with Gasteiger partial charge in [-0.2, -0.15) is 10.1 Å². The van der Waals surface area contributed by atoms with Gasteiger partial charge in [-0.1, -0.05) is 38.1 Å². The Morgan fingerprint density at radius 1 is 1.17 bits per heavy atom. The van der Waals surface area contributed by atoms with Crippen molar-refractivity contribution >= 4 is 50.8 Å². The van der Waals surface area contributed by atoms with E-state index in [4.69, 9.17) is 16.6 Å². The molecule has 0 radical (unpaired) electrons. The molecule has 1 amide bonds. The van der Waals surface area contributed by atoms with Gasteiger partial charge in [0.25, 0.3) is 0 Å². The molecule has 10 nitrogen and oxygen atoms in total. The van der Waals surface area contributed by atoms with Crippen LogP contribution < -0.4 is 15.9 Å². The molecular formula is C35H36ClFN8O2. The number of H-pyrrole nitrogens is 1. The summed E-state index contributed by atoms with van der Waals surface area (Å²) in [5, 5.41) is 12.0. The molecule has 2 aromatic carbocycles. The first kappa shape index (κ1) is 30.9. The summed E-state index contributed by atoms with van der Waals surface area (Å²) in [6.45, 7) is 14.7. The Morgan fingerprint density at radius 2 is 1.96 bits per heavy atom. The van der Waals surface area contributed by atoms with Crippen LogP contribution in [-0.4, -0.2) is 67.3 Å². The maximum absolute atomic E-state index is 17.9. The molecule has 242 valence electrons. The quantitative estimate of drug-likeness (QED) is 0.220. The SMILES string of the molecule is C=CC(=O)N1CC2CCNc3c(Cl)c(-c4c(C)ccc5[nH]ncc45)c(F)c4c3c(nc(=O)n4-c3c(C)ccnc3C(C)C)N2CC1C. The van der Waals surface area contributed by atoms with Crippen LogP contribution in [0.4, 0.5) is 15.9 Å². The Labute approximate surface area is 276 Å². The number of carbonyl (C=O) groups is 1. The van der Waals surface area contributed by atoms with Gasteiger partial charge >= 0.3 is 5.69 Å². The monoisotopic (exact) mass is 654 g/mol. The highest BCUT2D eigenvalue weighted by molar-refractivity contribution is 6.39. The second-order valence-corrected chi connectivity index (χ2v) is 13.2. The molecule has 2 aliphatic heterocycles. The maximum atomic E-state index is 17.9. The molecule has 0 aliphatic carbocycles. The Morgan fingerprint density at radius 3 is 2.70 bits per heavy atom. The number of aromatic amines is 1. The molecule has 7 rings (SSSR count). The van der Waals surface area contributed by atoms with E-state index in [-0.39, 0.29) is 40.0 Å². The van der Waals surface area contributed by atoms with Gasteiger partial charge in [-0.05, 0) is 62.4 Å². The van der Waals surface area contributed by atoms with Crippen LogP contribution in [0.3, 0.4) is 0 Å². The van der Waals surface area contributed by atoms with E-state index in [0.29, 0.717) is 65.3 Å². The van der Waals surface area contributed by atoms with Gasteiger partial charge in [-0.15, -0.1) is 0 Å². The highest BCUT2D eigenvalue weighted by atomic mass is 35.5. The molecule has 2 aliphatic rings. The number of benzene rings is 2. The third-order valence-electron chi connectivity index (χ3n) is 9.55. The topological polar surface area (TPSA) is 112 Å². The maximum Gasteiger partial charge on any atom is 0.354 e. The van der Waals surface area contributed by atoms with Crippen molar-refractivity contribution in [3.05, 3.63) is 81.4 Å². The van der Waals surface area contributed by atoms with Crippen molar-refractivity contribution in [3.8, 4) is 16.8 Å². The summed E-state index contributed by atoms with van der Waals surface area (Å²) in [6.07, 6.45) is 5.31. The van der Waals surface area contributed by atoms with Gasteiger partial charge in [0.15, 0.2) is 5.82 Å². The lowest BCUT2D eigenvalue weighted by Crippen LogP contribution is -2.60. The number of fused-ring (bicyclic) bond motifs is 3. The van der Waals surface area contributed by atoms with Gasteiger partial charge in [0, 0.05) is 54.4 Å². The molecule has 2 atom stereocenters. The van der Waals surface area contributed by atoms with Crippen LogP contribution in [-0.2, 0) is 4.79 Å². The van der Waals surface area contributed by atoms with Crippen molar-refractivity contribution in [3.63, 3.8) is 0 Å². The van der Waals surface area contributed by atoms with E-state index in [0.717, 1.165) is 16.6 Å². The zero-order valence-electron chi connectivity index (χ0n) is 27.0. The molecule has 47 heavy (non-hydrogen) atoms. The number of pyridine rings is 1. The lowest BCUT2D eigenvalue weighted by Gasteiger charge is -2.47. The normalized spacial score (nSPS) is 17.9. The van der Waals surface area contributed by atoms with Crippen molar-refractivity contribution in [2.45, 2.75) is 59.0 Å². The molecule has 2 N–H and O–H groups in total. The van der Waals surface area contributed by atoms with Crippen LogP contribution in [0.25, 0.3) is 38.6 Å². The van der Waals surface area contributed by atoms with E-state index in [9.17, 15) is 9.59 Å². The van der Waals surface area contributed by atoms with Gasteiger partial charge in [0.2, 0.25) is 5.91 Å². The predicted octanol–water partition coefficient (Wildman–Crippen LogP) is 6.26. The summed E-state index contributed by atoms with van der Waals surface area (Å²) in [5.74, 6) is -0.529. The fourth-order valence-corrected chi connectivity index (χ4v) is 7.61. The third kappa shape index (κ3) is 4.70. The summed E-state index contributed by atoms with van der Waals surface area (Å²) in [7, 11) is 0. The van der Waals surface area contributed by atoms with E-state index >= 15 is 4.39 Å². The molecule has 5 heterocycles. The zero-order chi connectivity index (χ0) is 33.3. The summed E-state index contributed by atoms with van der Waals surface area (Å²) < 4.78 is 19.2. The first-order valence-corrected chi connectivity index (χ1v) is 16.2. The van der Waals surface area contributed by atoms with Gasteiger partial charge in [0.05, 0.1) is 39.2 Å². The van der Waals surface area contributed by atoms with Gasteiger partial charge < -0.3 is 15.1 Å². The van der Waals surface area contributed by atoms with Gasteiger partial charge in [-0.25, -0.2) is 9.18 Å². The van der Waals surface area contributed by atoms with Crippen LogP contribution >= 0.6 is 11.6 Å².